The van der Waals surface area contributed by atoms with Gasteiger partial charge in [-0.25, -0.2) is 4.98 Å². The van der Waals surface area contributed by atoms with E-state index in [1.54, 1.807) is 0 Å². The van der Waals surface area contributed by atoms with Crippen LogP contribution in [0.15, 0.2) is 157 Å². The van der Waals surface area contributed by atoms with Gasteiger partial charge in [0.1, 0.15) is 5.82 Å². The Morgan fingerprint density at radius 3 is 1.54 bits per heavy atom. The molecule has 376 valence electrons. The second kappa shape index (κ2) is 18.9. The van der Waals surface area contributed by atoms with Gasteiger partial charge in [0.05, 0.1) is 0 Å². The van der Waals surface area contributed by atoms with Crippen LogP contribution in [0.2, 0.25) is 0 Å². The number of hydrogen-bond acceptors (Lipinski definition) is 4. The molecule has 0 saturated carbocycles. The molecule has 0 saturated heterocycles. The smallest absolute Gasteiger partial charge is 0.135 e. The van der Waals surface area contributed by atoms with Crippen LogP contribution in [0, 0.1) is 29.6 Å². The molecule has 0 aliphatic carbocycles. The molecule has 2 aromatic heterocycles. The zero-order valence-corrected chi connectivity index (χ0v) is 47.7. The minimum Gasteiger partial charge on any atom is -0.509 e. The van der Waals surface area contributed by atoms with Crippen molar-refractivity contribution in [2.75, 3.05) is 9.80 Å². The van der Waals surface area contributed by atoms with E-state index in [0.717, 1.165) is 33.6 Å². The molecule has 1 aliphatic heterocycles. The molecule has 0 bridgehead atoms. The monoisotopic (exact) mass is 1130 g/mol. The number of rotatable bonds is 9. The molecule has 1 aliphatic rings. The summed E-state index contributed by atoms with van der Waals surface area (Å²) >= 11 is 0. The zero-order valence-electron chi connectivity index (χ0n) is 45.4. The van der Waals surface area contributed by atoms with Gasteiger partial charge in [-0.15, -0.1) is 48.1 Å². The first kappa shape index (κ1) is 52.4. The van der Waals surface area contributed by atoms with Crippen molar-refractivity contribution in [3.63, 3.8) is 0 Å². The van der Waals surface area contributed by atoms with Gasteiger partial charge in [-0.2, -0.15) is 12.1 Å². The maximum atomic E-state index is 6.83. The molecular formula is C66H73N4OPt-3. The topological polar surface area (TPSA) is 33.5 Å². The van der Waals surface area contributed by atoms with Crippen molar-refractivity contribution in [2.45, 2.75) is 132 Å². The molecule has 0 amide bonds. The van der Waals surface area contributed by atoms with Gasteiger partial charge in [0, 0.05) is 83.0 Å². The first-order valence-electron chi connectivity index (χ1n) is 25.4. The van der Waals surface area contributed by atoms with Crippen molar-refractivity contribution in [2.24, 2.45) is 10.8 Å². The quantitative estimate of drug-likeness (QED) is 0.135. The summed E-state index contributed by atoms with van der Waals surface area (Å²) in [7, 11) is 0. The van der Waals surface area contributed by atoms with Crippen molar-refractivity contribution >= 4 is 33.2 Å². The van der Waals surface area contributed by atoms with Crippen LogP contribution < -0.4 is 14.5 Å². The molecule has 8 aromatic rings. The average molecular weight is 1130 g/mol. The maximum Gasteiger partial charge on any atom is 0.135 e. The fraction of sp³-hybridized carbons (Fsp3) is 0.333. The van der Waals surface area contributed by atoms with Crippen LogP contribution in [0.25, 0.3) is 27.6 Å². The van der Waals surface area contributed by atoms with Gasteiger partial charge in [0.15, 0.2) is 0 Å². The van der Waals surface area contributed by atoms with Crippen molar-refractivity contribution < 1.29 is 25.8 Å². The molecule has 5 nitrogen and oxygen atoms in total. The largest absolute Gasteiger partial charge is 0.509 e. The Balaban J connectivity index is 0.00000693. The number of allylic oxidation sites excluding steroid dienone is 2. The summed E-state index contributed by atoms with van der Waals surface area (Å²) in [4.78, 5) is 9.75. The number of aromatic nitrogens is 2. The van der Waals surface area contributed by atoms with Gasteiger partial charge >= 0.3 is 0 Å². The van der Waals surface area contributed by atoms with E-state index in [2.05, 4.69) is 271 Å². The van der Waals surface area contributed by atoms with E-state index in [-0.39, 0.29) is 53.6 Å². The molecule has 0 unspecified atom stereocenters. The van der Waals surface area contributed by atoms with E-state index < -0.39 is 0 Å². The van der Waals surface area contributed by atoms with Crippen LogP contribution in [0.5, 0.6) is 11.5 Å². The number of hydrogen-bond donors (Lipinski definition) is 0. The van der Waals surface area contributed by atoms with Gasteiger partial charge in [-0.3, -0.25) is 0 Å². The summed E-state index contributed by atoms with van der Waals surface area (Å²) in [5.41, 5.74) is 13.0. The molecule has 0 radical (unpaired) electrons. The Kier molecular flexibility index (Phi) is 13.7. The summed E-state index contributed by atoms with van der Waals surface area (Å²) < 4.78 is 9.07. The van der Waals surface area contributed by atoms with E-state index in [1.165, 1.54) is 50.2 Å². The molecule has 0 N–H and O–H groups in total. The van der Waals surface area contributed by atoms with Crippen molar-refractivity contribution in [3.8, 4) is 17.3 Å². The van der Waals surface area contributed by atoms with Gasteiger partial charge in [0.2, 0.25) is 0 Å². The second-order valence-electron chi connectivity index (χ2n) is 24.9. The summed E-state index contributed by atoms with van der Waals surface area (Å²) in [6.07, 6.45) is 1.92. The Hall–Kier alpha value is -5.90. The number of pyridine rings is 1. The number of nitrogens with zero attached hydrogens (tertiary/aromatic N) is 4. The van der Waals surface area contributed by atoms with Crippen LogP contribution in [-0.4, -0.2) is 9.55 Å². The minimum atomic E-state index is -0.271. The molecule has 6 aromatic carbocycles. The third-order valence-corrected chi connectivity index (χ3v) is 14.6. The molecular weight excluding hydrogens is 1060 g/mol. The minimum absolute atomic E-state index is 0. The summed E-state index contributed by atoms with van der Waals surface area (Å²) in [6.45, 7) is 39.1. The van der Waals surface area contributed by atoms with E-state index in [9.17, 15) is 0 Å². The summed E-state index contributed by atoms with van der Waals surface area (Å²) in [5, 5.41) is 2.27. The van der Waals surface area contributed by atoms with Gasteiger partial charge < -0.3 is 19.1 Å². The maximum absolute atomic E-state index is 6.83. The van der Waals surface area contributed by atoms with E-state index in [4.69, 9.17) is 9.72 Å². The van der Waals surface area contributed by atoms with Gasteiger partial charge in [0.25, 0.3) is 0 Å². The molecule has 6 heteroatoms. The van der Waals surface area contributed by atoms with Crippen LogP contribution in [0.4, 0.5) is 11.4 Å². The van der Waals surface area contributed by atoms with Crippen LogP contribution in [0.1, 0.15) is 144 Å². The summed E-state index contributed by atoms with van der Waals surface area (Å²) in [5.74, 6) is 2.08. The van der Waals surface area contributed by atoms with Crippen LogP contribution in [-0.2, 0) is 42.7 Å². The van der Waals surface area contributed by atoms with Gasteiger partial charge in [-0.1, -0.05) is 195 Å². The van der Waals surface area contributed by atoms with Gasteiger partial charge in [-0.05, 0) is 79.9 Å². The Bertz CT molecular complexity index is 3230. The Morgan fingerprint density at radius 2 is 0.986 bits per heavy atom. The first-order chi connectivity index (χ1) is 33.2. The number of benzene rings is 6. The third kappa shape index (κ3) is 9.96. The Labute approximate surface area is 445 Å². The molecule has 9 rings (SSSR count). The van der Waals surface area contributed by atoms with Crippen LogP contribution >= 0.6 is 0 Å². The SMILES string of the molecule is CC(C)(C)C1=C(C(C)(C)C)N(c2cc(C(C)(C)c3ccccc3)cc(C(C)(C)c3ccccc3)c2)[CH-]N1c1[c-]c(Oc2[c-]c3c(cc2)c2cc(C(C)(C)C)ccc2n3-c2cc(C(C)(C)C)ccn2)ccc1.[Pt]. The molecule has 0 spiro atoms. The van der Waals surface area contributed by atoms with E-state index in [0.29, 0.717) is 11.5 Å². The standard InChI is InChI=1S/C66H73N4O.Pt/c1-61(2,3)46-30-33-56-55(39-46)54-32-31-53(42-57(54)70(56)58-40-47(34-35-67-58)62(4,5)6)71-52-29-23-28-50(41-52)68-43-69(60(64(10,11)12)59(68)63(7,8)9)51-37-48(65(13,14)44-24-19-17-20-25-44)36-49(38-51)66(15,16)45-26-21-18-22-27-45;/h17-40,43H,1-16H3;/q-3;. The van der Waals surface area contributed by atoms with Crippen molar-refractivity contribution in [1.82, 2.24) is 9.55 Å². The molecule has 72 heavy (non-hydrogen) atoms. The predicted molar refractivity (Wildman–Crippen MR) is 299 cm³/mol. The van der Waals surface area contributed by atoms with Crippen LogP contribution in [0.3, 0.4) is 0 Å². The third-order valence-electron chi connectivity index (χ3n) is 14.6. The normalized spacial score (nSPS) is 14.1. The molecule has 3 heterocycles. The van der Waals surface area contributed by atoms with Crippen molar-refractivity contribution in [3.05, 3.63) is 209 Å². The number of anilines is 2. The number of fused-ring (bicyclic) bond motifs is 3. The second-order valence-corrected chi connectivity index (χ2v) is 24.9. The zero-order chi connectivity index (χ0) is 51.1. The first-order valence-corrected chi connectivity index (χ1v) is 25.4. The van der Waals surface area contributed by atoms with E-state index in [1.807, 2.05) is 18.3 Å². The Morgan fingerprint density at radius 1 is 0.444 bits per heavy atom. The average Bonchev–Trinajstić information content (AvgIpc) is 3.90. The van der Waals surface area contributed by atoms with Crippen molar-refractivity contribution in [1.29, 1.82) is 0 Å². The number of ether oxygens (including phenoxy) is 1. The van der Waals surface area contributed by atoms with E-state index >= 15 is 0 Å². The molecule has 0 fully saturated rings. The predicted octanol–water partition coefficient (Wildman–Crippen LogP) is 17.6. The summed E-state index contributed by atoms with van der Waals surface area (Å²) in [6, 6.07) is 58.1. The fourth-order valence-corrected chi connectivity index (χ4v) is 10.2. The molecule has 0 atom stereocenters. The fourth-order valence-electron chi connectivity index (χ4n) is 10.2.